The summed E-state index contributed by atoms with van der Waals surface area (Å²) in [6, 6.07) is 0.150. The molecular weight excluding hydrogens is 285 g/mol. The predicted octanol–water partition coefficient (Wildman–Crippen LogP) is 1.84. The molecule has 5 nitrogen and oxygen atoms in total. The van der Waals surface area contributed by atoms with Crippen LogP contribution in [0.25, 0.3) is 0 Å². The van der Waals surface area contributed by atoms with Crippen LogP contribution in [0.5, 0.6) is 5.88 Å². The monoisotopic (exact) mass is 296 g/mol. The second-order valence-corrected chi connectivity index (χ2v) is 4.49. The highest BCUT2D eigenvalue weighted by Gasteiger charge is 2.29. The van der Waals surface area contributed by atoms with Gasteiger partial charge in [0.05, 0.1) is 6.20 Å². The fraction of sp³-hybridized carbons (Fsp3) is 0.600. The standard InChI is InChI=1S/C10H12ClF3N4O/c11-7-4-16-9(17-6-1-2-15-3-6)18-8(7)19-5-10(12,13)14/h4,6,15H,1-3,5H2,(H,16,17,18). The normalized spacial score (nSPS) is 19.5. The van der Waals surface area contributed by atoms with Crippen LogP contribution in [0, 0.1) is 0 Å². The maximum absolute atomic E-state index is 12.1. The molecule has 19 heavy (non-hydrogen) atoms. The van der Waals surface area contributed by atoms with E-state index in [1.165, 1.54) is 6.20 Å². The molecule has 2 rings (SSSR count). The van der Waals surface area contributed by atoms with Crippen molar-refractivity contribution in [2.45, 2.75) is 18.6 Å². The average Bonchev–Trinajstić information content (AvgIpc) is 2.81. The number of anilines is 1. The van der Waals surface area contributed by atoms with Gasteiger partial charge in [-0.2, -0.15) is 18.2 Å². The fourth-order valence-corrected chi connectivity index (χ4v) is 1.78. The molecule has 1 atom stereocenters. The quantitative estimate of drug-likeness (QED) is 0.888. The van der Waals surface area contributed by atoms with Gasteiger partial charge < -0.3 is 15.4 Å². The van der Waals surface area contributed by atoms with E-state index in [-0.39, 0.29) is 22.9 Å². The van der Waals surface area contributed by atoms with Crippen LogP contribution in [0.1, 0.15) is 6.42 Å². The van der Waals surface area contributed by atoms with E-state index in [1.807, 2.05) is 0 Å². The highest BCUT2D eigenvalue weighted by atomic mass is 35.5. The first-order chi connectivity index (χ1) is 8.94. The smallest absolute Gasteiger partial charge is 0.422 e. The van der Waals surface area contributed by atoms with Gasteiger partial charge in [-0.25, -0.2) is 4.98 Å². The molecule has 1 aromatic rings. The molecule has 2 heterocycles. The van der Waals surface area contributed by atoms with Crippen molar-refractivity contribution in [3.63, 3.8) is 0 Å². The molecule has 2 N–H and O–H groups in total. The zero-order valence-electron chi connectivity index (χ0n) is 9.80. The Hall–Kier alpha value is -1.28. The van der Waals surface area contributed by atoms with Crippen LogP contribution in [0.3, 0.4) is 0 Å². The van der Waals surface area contributed by atoms with Crippen LogP contribution >= 0.6 is 11.6 Å². The number of halogens is 4. The Bertz CT molecular complexity index is 437. The third kappa shape index (κ3) is 4.39. The predicted molar refractivity (Wildman–Crippen MR) is 63.5 cm³/mol. The van der Waals surface area contributed by atoms with Crippen molar-refractivity contribution < 1.29 is 17.9 Å². The van der Waals surface area contributed by atoms with E-state index < -0.39 is 12.8 Å². The molecule has 1 aromatic heterocycles. The van der Waals surface area contributed by atoms with E-state index in [0.29, 0.717) is 0 Å². The highest BCUT2D eigenvalue weighted by molar-refractivity contribution is 6.31. The minimum atomic E-state index is -4.43. The van der Waals surface area contributed by atoms with Crippen LogP contribution < -0.4 is 15.4 Å². The molecule has 1 aliphatic heterocycles. The molecule has 0 saturated carbocycles. The number of hydrogen-bond donors (Lipinski definition) is 2. The number of rotatable bonds is 4. The summed E-state index contributed by atoms with van der Waals surface area (Å²) in [4.78, 5) is 7.74. The number of aromatic nitrogens is 2. The molecule has 1 unspecified atom stereocenters. The fourth-order valence-electron chi connectivity index (χ4n) is 1.63. The SMILES string of the molecule is FC(F)(F)COc1nc(NC2CCNC2)ncc1Cl. The van der Waals surface area contributed by atoms with E-state index in [1.54, 1.807) is 0 Å². The Morgan fingerprint density at radius 2 is 2.32 bits per heavy atom. The molecule has 1 fully saturated rings. The van der Waals surface area contributed by atoms with Crippen molar-refractivity contribution >= 4 is 17.5 Å². The van der Waals surface area contributed by atoms with Gasteiger partial charge in [-0.1, -0.05) is 11.6 Å². The number of ether oxygens (including phenoxy) is 1. The summed E-state index contributed by atoms with van der Waals surface area (Å²) >= 11 is 5.68. The Labute approximate surface area is 112 Å². The van der Waals surface area contributed by atoms with Crippen molar-refractivity contribution in [2.24, 2.45) is 0 Å². The van der Waals surface area contributed by atoms with Gasteiger partial charge in [0, 0.05) is 12.6 Å². The lowest BCUT2D eigenvalue weighted by atomic mass is 10.3. The van der Waals surface area contributed by atoms with Gasteiger partial charge in [0.1, 0.15) is 5.02 Å². The Kier molecular flexibility index (Phi) is 4.31. The summed E-state index contributed by atoms with van der Waals surface area (Å²) in [5.74, 6) is -0.0716. The largest absolute Gasteiger partial charge is 0.467 e. The van der Waals surface area contributed by atoms with Crippen molar-refractivity contribution in [1.82, 2.24) is 15.3 Å². The lowest BCUT2D eigenvalue weighted by Crippen LogP contribution is -2.24. The number of nitrogens with one attached hydrogen (secondary N) is 2. The van der Waals surface area contributed by atoms with Gasteiger partial charge in [-0.05, 0) is 13.0 Å². The molecule has 9 heteroatoms. The van der Waals surface area contributed by atoms with Gasteiger partial charge >= 0.3 is 6.18 Å². The minimum Gasteiger partial charge on any atom is -0.467 e. The summed E-state index contributed by atoms with van der Waals surface area (Å²) in [6.07, 6.45) is -2.33. The molecule has 1 saturated heterocycles. The molecular formula is C10H12ClF3N4O. The van der Waals surface area contributed by atoms with Crippen LogP contribution in [-0.4, -0.2) is 41.9 Å². The Morgan fingerprint density at radius 1 is 1.53 bits per heavy atom. The lowest BCUT2D eigenvalue weighted by Gasteiger charge is -2.13. The summed E-state index contributed by atoms with van der Waals surface area (Å²) in [6.45, 7) is 0.196. The van der Waals surface area contributed by atoms with Crippen molar-refractivity contribution in [3.05, 3.63) is 11.2 Å². The molecule has 0 aromatic carbocycles. The first kappa shape index (κ1) is 14.1. The summed E-state index contributed by atoms with van der Waals surface area (Å²) in [5.41, 5.74) is 0. The maximum atomic E-state index is 12.1. The first-order valence-corrected chi connectivity index (χ1v) is 6.01. The van der Waals surface area contributed by atoms with E-state index in [4.69, 9.17) is 11.6 Å². The van der Waals surface area contributed by atoms with Crippen molar-refractivity contribution in [2.75, 3.05) is 25.0 Å². The van der Waals surface area contributed by atoms with Gasteiger partial charge in [0.2, 0.25) is 11.8 Å². The van der Waals surface area contributed by atoms with E-state index >= 15 is 0 Å². The van der Waals surface area contributed by atoms with E-state index in [2.05, 4.69) is 25.3 Å². The molecule has 0 aliphatic carbocycles. The van der Waals surface area contributed by atoms with E-state index in [0.717, 1.165) is 19.5 Å². The summed E-state index contributed by atoms with van der Waals surface area (Å²) in [5, 5.41) is 6.08. The van der Waals surface area contributed by atoms with Crippen molar-refractivity contribution in [3.8, 4) is 5.88 Å². The summed E-state index contributed by atoms with van der Waals surface area (Å²) in [7, 11) is 0. The molecule has 0 spiro atoms. The van der Waals surface area contributed by atoms with Crippen molar-refractivity contribution in [1.29, 1.82) is 0 Å². The Balaban J connectivity index is 2.01. The zero-order valence-corrected chi connectivity index (χ0v) is 10.6. The average molecular weight is 297 g/mol. The van der Waals surface area contributed by atoms with Gasteiger partial charge in [-0.15, -0.1) is 0 Å². The van der Waals surface area contributed by atoms with Crippen LogP contribution in [-0.2, 0) is 0 Å². The second-order valence-electron chi connectivity index (χ2n) is 4.08. The second kappa shape index (κ2) is 5.79. The minimum absolute atomic E-state index is 0.0562. The maximum Gasteiger partial charge on any atom is 0.422 e. The molecule has 0 amide bonds. The number of hydrogen-bond acceptors (Lipinski definition) is 5. The number of alkyl halides is 3. The lowest BCUT2D eigenvalue weighted by molar-refractivity contribution is -0.154. The third-order valence-electron chi connectivity index (χ3n) is 2.48. The summed E-state index contributed by atoms with van der Waals surface area (Å²) < 4.78 is 40.7. The van der Waals surface area contributed by atoms with Gasteiger partial charge in [0.25, 0.3) is 0 Å². The Morgan fingerprint density at radius 3 is 2.95 bits per heavy atom. The third-order valence-corrected chi connectivity index (χ3v) is 2.74. The first-order valence-electron chi connectivity index (χ1n) is 5.63. The van der Waals surface area contributed by atoms with Crippen LogP contribution in [0.2, 0.25) is 5.02 Å². The van der Waals surface area contributed by atoms with Crippen LogP contribution in [0.4, 0.5) is 19.1 Å². The topological polar surface area (TPSA) is 59.1 Å². The highest BCUT2D eigenvalue weighted by Crippen LogP contribution is 2.25. The molecule has 106 valence electrons. The van der Waals surface area contributed by atoms with Gasteiger partial charge in [0.15, 0.2) is 6.61 Å². The number of nitrogens with zero attached hydrogens (tertiary/aromatic N) is 2. The van der Waals surface area contributed by atoms with Gasteiger partial charge in [-0.3, -0.25) is 0 Å². The molecule has 0 radical (unpaired) electrons. The zero-order chi connectivity index (χ0) is 13.9. The molecule has 0 bridgehead atoms. The molecule has 1 aliphatic rings. The van der Waals surface area contributed by atoms with E-state index in [9.17, 15) is 13.2 Å². The van der Waals surface area contributed by atoms with Crippen LogP contribution in [0.15, 0.2) is 6.20 Å².